The Balaban J connectivity index is 1.28. The Bertz CT molecular complexity index is 989. The Kier molecular flexibility index (Phi) is 5.55. The Morgan fingerprint density at radius 3 is 2.90 bits per heavy atom. The first-order valence-electron chi connectivity index (χ1n) is 9.61. The second kappa shape index (κ2) is 8.59. The predicted molar refractivity (Wildman–Crippen MR) is 111 cm³/mol. The summed E-state index contributed by atoms with van der Waals surface area (Å²) in [7, 11) is 0. The van der Waals surface area contributed by atoms with Gasteiger partial charge in [-0.25, -0.2) is 14.8 Å². The molecule has 3 amide bonds. The van der Waals surface area contributed by atoms with Crippen molar-refractivity contribution in [3.63, 3.8) is 0 Å². The number of benzene rings is 1. The lowest BCUT2D eigenvalue weighted by Crippen LogP contribution is -2.50. The molecule has 9 heteroatoms. The second-order valence-electron chi connectivity index (χ2n) is 6.96. The van der Waals surface area contributed by atoms with Crippen LogP contribution in [0.3, 0.4) is 0 Å². The first kappa shape index (κ1) is 18.7. The molecule has 3 heterocycles. The van der Waals surface area contributed by atoms with E-state index < -0.39 is 6.03 Å². The molecule has 4 rings (SSSR count). The number of urea groups is 1. The molecule has 150 valence electrons. The molecular formula is C20H23N7O2. The molecule has 0 spiro atoms. The largest absolute Gasteiger partial charge is 0.354 e. The van der Waals surface area contributed by atoms with Gasteiger partial charge in [0.1, 0.15) is 17.8 Å². The molecule has 0 radical (unpaired) electrons. The maximum atomic E-state index is 12.3. The van der Waals surface area contributed by atoms with E-state index in [1.54, 1.807) is 18.5 Å². The third-order valence-corrected chi connectivity index (χ3v) is 4.86. The standard InChI is InChI=1S/C20H23N7O2/c28-17(11-22-20(29)26-14-5-2-1-3-6-14)25-15-7-4-10-27(12-15)19-16-8-9-21-18(16)23-13-24-19/h1-3,5-6,8-9,13,15H,4,7,10-12H2,(H,25,28)(H,21,23,24)(H2,22,26,29). The highest BCUT2D eigenvalue weighted by molar-refractivity contribution is 5.92. The number of para-hydroxylation sites is 1. The molecule has 0 aliphatic carbocycles. The molecule has 1 aliphatic heterocycles. The van der Waals surface area contributed by atoms with Gasteiger partial charge in [-0.3, -0.25) is 4.79 Å². The molecule has 1 unspecified atom stereocenters. The molecule has 0 bridgehead atoms. The number of aromatic amines is 1. The average molecular weight is 393 g/mol. The summed E-state index contributed by atoms with van der Waals surface area (Å²) in [6.07, 6.45) is 5.23. The van der Waals surface area contributed by atoms with E-state index in [0.717, 1.165) is 36.2 Å². The topological polar surface area (TPSA) is 115 Å². The number of carbonyl (C=O) groups excluding carboxylic acids is 2. The minimum absolute atomic E-state index is 0.000748. The van der Waals surface area contributed by atoms with Crippen molar-refractivity contribution in [1.29, 1.82) is 0 Å². The third-order valence-electron chi connectivity index (χ3n) is 4.86. The first-order valence-corrected chi connectivity index (χ1v) is 9.61. The van der Waals surface area contributed by atoms with Gasteiger partial charge < -0.3 is 25.8 Å². The molecule has 0 saturated carbocycles. The SMILES string of the molecule is O=C(CNC(=O)Nc1ccccc1)NC1CCCN(c2ncnc3[nH]ccc23)C1. The molecular weight excluding hydrogens is 370 g/mol. The number of aromatic nitrogens is 3. The normalized spacial score (nSPS) is 16.4. The zero-order valence-electron chi connectivity index (χ0n) is 15.9. The zero-order chi connectivity index (χ0) is 20.1. The van der Waals surface area contributed by atoms with Crippen molar-refractivity contribution in [2.24, 2.45) is 0 Å². The Morgan fingerprint density at radius 1 is 1.17 bits per heavy atom. The van der Waals surface area contributed by atoms with Crippen LogP contribution >= 0.6 is 0 Å². The van der Waals surface area contributed by atoms with Crippen molar-refractivity contribution in [2.45, 2.75) is 18.9 Å². The van der Waals surface area contributed by atoms with Gasteiger partial charge in [0.25, 0.3) is 0 Å². The molecule has 1 fully saturated rings. The average Bonchev–Trinajstić information content (AvgIpc) is 3.22. The third kappa shape index (κ3) is 4.63. The quantitative estimate of drug-likeness (QED) is 0.528. The fourth-order valence-electron chi connectivity index (χ4n) is 3.53. The van der Waals surface area contributed by atoms with Gasteiger partial charge in [-0.2, -0.15) is 0 Å². The van der Waals surface area contributed by atoms with Crippen LogP contribution in [-0.4, -0.2) is 52.6 Å². The molecule has 2 aromatic heterocycles. The zero-order valence-corrected chi connectivity index (χ0v) is 15.9. The van der Waals surface area contributed by atoms with Crippen LogP contribution in [0.2, 0.25) is 0 Å². The lowest BCUT2D eigenvalue weighted by molar-refractivity contribution is -0.120. The van der Waals surface area contributed by atoms with Crippen molar-refractivity contribution in [1.82, 2.24) is 25.6 Å². The highest BCUT2D eigenvalue weighted by Gasteiger charge is 2.24. The number of fused-ring (bicyclic) bond motifs is 1. The number of hydrogen-bond acceptors (Lipinski definition) is 5. The van der Waals surface area contributed by atoms with Crippen molar-refractivity contribution >= 4 is 34.5 Å². The summed E-state index contributed by atoms with van der Waals surface area (Å²) in [4.78, 5) is 38.1. The van der Waals surface area contributed by atoms with Crippen molar-refractivity contribution < 1.29 is 9.59 Å². The summed E-state index contributed by atoms with van der Waals surface area (Å²) in [5.41, 5.74) is 1.48. The van der Waals surface area contributed by atoms with Gasteiger partial charge >= 0.3 is 6.03 Å². The Morgan fingerprint density at radius 2 is 2.03 bits per heavy atom. The number of rotatable bonds is 5. The highest BCUT2D eigenvalue weighted by Crippen LogP contribution is 2.24. The van der Waals surface area contributed by atoms with E-state index in [-0.39, 0.29) is 18.5 Å². The highest BCUT2D eigenvalue weighted by atomic mass is 16.2. The summed E-state index contributed by atoms with van der Waals surface area (Å²) in [6.45, 7) is 1.46. The Hall–Kier alpha value is -3.62. The van der Waals surface area contributed by atoms with Crippen LogP contribution in [0.15, 0.2) is 48.9 Å². The number of hydrogen-bond donors (Lipinski definition) is 4. The summed E-state index contributed by atoms with van der Waals surface area (Å²) >= 11 is 0. The minimum Gasteiger partial charge on any atom is -0.354 e. The van der Waals surface area contributed by atoms with Gasteiger partial charge in [-0.15, -0.1) is 0 Å². The van der Waals surface area contributed by atoms with Gasteiger partial charge in [0.2, 0.25) is 5.91 Å². The molecule has 9 nitrogen and oxygen atoms in total. The lowest BCUT2D eigenvalue weighted by Gasteiger charge is -2.34. The first-order chi connectivity index (χ1) is 14.2. The molecule has 1 atom stereocenters. The number of carbonyl (C=O) groups is 2. The summed E-state index contributed by atoms with van der Waals surface area (Å²) in [5.74, 6) is 0.658. The lowest BCUT2D eigenvalue weighted by atomic mass is 10.1. The van der Waals surface area contributed by atoms with E-state index in [4.69, 9.17) is 0 Å². The summed E-state index contributed by atoms with van der Waals surface area (Å²) in [6, 6.07) is 10.6. The number of nitrogens with zero attached hydrogens (tertiary/aromatic N) is 3. The van der Waals surface area contributed by atoms with Gasteiger partial charge in [-0.1, -0.05) is 18.2 Å². The van der Waals surface area contributed by atoms with E-state index in [0.29, 0.717) is 12.2 Å². The number of piperidine rings is 1. The van der Waals surface area contributed by atoms with E-state index >= 15 is 0 Å². The van der Waals surface area contributed by atoms with Crippen molar-refractivity contribution in [3.05, 3.63) is 48.9 Å². The monoisotopic (exact) mass is 393 g/mol. The van der Waals surface area contributed by atoms with Gasteiger partial charge in [-0.05, 0) is 31.0 Å². The molecule has 4 N–H and O–H groups in total. The molecule has 1 aliphatic rings. The molecule has 3 aromatic rings. The van der Waals surface area contributed by atoms with Crippen LogP contribution in [0.1, 0.15) is 12.8 Å². The van der Waals surface area contributed by atoms with Crippen LogP contribution < -0.4 is 20.9 Å². The van der Waals surface area contributed by atoms with Crippen LogP contribution in [-0.2, 0) is 4.79 Å². The summed E-state index contributed by atoms with van der Waals surface area (Å²) in [5, 5.41) is 9.25. The number of nitrogens with one attached hydrogen (secondary N) is 4. The maximum absolute atomic E-state index is 12.3. The van der Waals surface area contributed by atoms with E-state index in [1.807, 2.05) is 30.5 Å². The van der Waals surface area contributed by atoms with E-state index in [2.05, 4.69) is 35.8 Å². The fourth-order valence-corrected chi connectivity index (χ4v) is 3.53. The summed E-state index contributed by atoms with van der Waals surface area (Å²) < 4.78 is 0. The van der Waals surface area contributed by atoms with E-state index in [9.17, 15) is 9.59 Å². The van der Waals surface area contributed by atoms with Crippen molar-refractivity contribution in [3.8, 4) is 0 Å². The number of amides is 3. The van der Waals surface area contributed by atoms with Crippen LogP contribution in [0.25, 0.3) is 11.0 Å². The van der Waals surface area contributed by atoms with Crippen LogP contribution in [0, 0.1) is 0 Å². The minimum atomic E-state index is -0.410. The molecule has 29 heavy (non-hydrogen) atoms. The maximum Gasteiger partial charge on any atom is 0.319 e. The molecule has 1 aromatic carbocycles. The van der Waals surface area contributed by atoms with Crippen molar-refractivity contribution in [2.75, 3.05) is 29.9 Å². The molecule has 1 saturated heterocycles. The fraction of sp³-hybridized carbons (Fsp3) is 0.300. The van der Waals surface area contributed by atoms with Crippen LogP contribution in [0.5, 0.6) is 0 Å². The number of anilines is 2. The van der Waals surface area contributed by atoms with Gasteiger partial charge in [0.15, 0.2) is 0 Å². The van der Waals surface area contributed by atoms with Crippen LogP contribution in [0.4, 0.5) is 16.3 Å². The Labute approximate surface area is 167 Å². The van der Waals surface area contributed by atoms with Gasteiger partial charge in [0.05, 0.1) is 11.9 Å². The number of H-pyrrole nitrogens is 1. The smallest absolute Gasteiger partial charge is 0.319 e. The van der Waals surface area contributed by atoms with E-state index in [1.165, 1.54) is 0 Å². The van der Waals surface area contributed by atoms with Gasteiger partial charge in [0, 0.05) is 31.0 Å². The predicted octanol–water partition coefficient (Wildman–Crippen LogP) is 1.86. The second-order valence-corrected chi connectivity index (χ2v) is 6.96.